The predicted molar refractivity (Wildman–Crippen MR) is 63.4 cm³/mol. The van der Waals surface area contributed by atoms with E-state index in [9.17, 15) is 17.6 Å². The van der Waals surface area contributed by atoms with Gasteiger partial charge in [0.1, 0.15) is 17.3 Å². The molecule has 2 nitrogen and oxygen atoms in total. The van der Waals surface area contributed by atoms with Crippen molar-refractivity contribution in [1.82, 2.24) is 4.98 Å². The summed E-state index contributed by atoms with van der Waals surface area (Å²) in [6.07, 6.45) is -4.56. The first-order valence-corrected chi connectivity index (χ1v) is 5.83. The third-order valence-electron chi connectivity index (χ3n) is 2.12. The van der Waals surface area contributed by atoms with Crippen LogP contribution in [0.2, 0.25) is 0 Å². The summed E-state index contributed by atoms with van der Waals surface area (Å²) >= 11 is 3.10. The number of benzene rings is 1. The summed E-state index contributed by atoms with van der Waals surface area (Å²) < 4.78 is 55.9. The highest BCUT2D eigenvalue weighted by Gasteiger charge is 2.32. The number of ether oxygens (including phenoxy) is 1. The Morgan fingerprint density at radius 2 is 1.84 bits per heavy atom. The summed E-state index contributed by atoms with van der Waals surface area (Å²) in [5.41, 5.74) is -1.07. The van der Waals surface area contributed by atoms with Crippen LogP contribution in [0.4, 0.5) is 17.6 Å². The van der Waals surface area contributed by atoms with E-state index >= 15 is 0 Å². The number of rotatable bonds is 2. The second-order valence-electron chi connectivity index (χ2n) is 3.54. The van der Waals surface area contributed by atoms with E-state index in [1.165, 1.54) is 24.3 Å². The van der Waals surface area contributed by atoms with Gasteiger partial charge in [-0.2, -0.15) is 13.2 Å². The number of hydrogen-bond donors (Lipinski definition) is 0. The molecule has 0 radical (unpaired) electrons. The van der Waals surface area contributed by atoms with Crippen molar-refractivity contribution in [3.63, 3.8) is 0 Å². The number of halogens is 5. The van der Waals surface area contributed by atoms with E-state index in [1.807, 2.05) is 0 Å². The van der Waals surface area contributed by atoms with Crippen LogP contribution in [-0.2, 0) is 6.18 Å². The second-order valence-corrected chi connectivity index (χ2v) is 4.39. The molecule has 0 aliphatic rings. The molecule has 100 valence electrons. The van der Waals surface area contributed by atoms with Crippen molar-refractivity contribution >= 4 is 15.9 Å². The van der Waals surface area contributed by atoms with Gasteiger partial charge in [-0.05, 0) is 34.1 Å². The Morgan fingerprint density at radius 1 is 1.11 bits per heavy atom. The molecule has 0 atom stereocenters. The van der Waals surface area contributed by atoms with Gasteiger partial charge in [0.05, 0.1) is 4.47 Å². The maximum atomic E-state index is 13.0. The molecule has 0 fully saturated rings. The highest BCUT2D eigenvalue weighted by Crippen LogP contribution is 2.32. The molecule has 0 aliphatic heterocycles. The van der Waals surface area contributed by atoms with Crippen LogP contribution in [0.15, 0.2) is 40.9 Å². The summed E-state index contributed by atoms with van der Waals surface area (Å²) in [6, 6.07) is 6.87. The van der Waals surface area contributed by atoms with Crippen molar-refractivity contribution < 1.29 is 22.3 Å². The van der Waals surface area contributed by atoms with Gasteiger partial charge < -0.3 is 4.74 Å². The Balaban J connectivity index is 2.31. The van der Waals surface area contributed by atoms with Gasteiger partial charge >= 0.3 is 6.18 Å². The summed E-state index contributed by atoms with van der Waals surface area (Å²) in [7, 11) is 0. The van der Waals surface area contributed by atoms with Gasteiger partial charge in [-0.1, -0.05) is 6.07 Å². The van der Waals surface area contributed by atoms with Crippen LogP contribution in [0.25, 0.3) is 0 Å². The van der Waals surface area contributed by atoms with Crippen molar-refractivity contribution in [2.75, 3.05) is 0 Å². The molecule has 2 aromatic rings. The van der Waals surface area contributed by atoms with E-state index in [0.29, 0.717) is 4.47 Å². The van der Waals surface area contributed by atoms with Crippen molar-refractivity contribution in [3.8, 4) is 11.6 Å². The molecule has 0 spiro atoms. The van der Waals surface area contributed by atoms with Crippen molar-refractivity contribution in [3.05, 3.63) is 52.4 Å². The first-order valence-electron chi connectivity index (χ1n) is 5.03. The topological polar surface area (TPSA) is 22.1 Å². The first kappa shape index (κ1) is 13.8. The monoisotopic (exact) mass is 335 g/mol. The normalized spacial score (nSPS) is 11.4. The zero-order valence-corrected chi connectivity index (χ0v) is 10.8. The highest BCUT2D eigenvalue weighted by molar-refractivity contribution is 9.10. The lowest BCUT2D eigenvalue weighted by molar-refractivity contribution is -0.141. The molecule has 0 saturated carbocycles. The highest BCUT2D eigenvalue weighted by atomic mass is 79.9. The molecule has 0 N–H and O–H groups in total. The zero-order chi connectivity index (χ0) is 14.0. The van der Waals surface area contributed by atoms with Crippen molar-refractivity contribution in [2.45, 2.75) is 6.18 Å². The third-order valence-corrected chi connectivity index (χ3v) is 2.78. The van der Waals surface area contributed by atoms with Gasteiger partial charge in [-0.25, -0.2) is 9.37 Å². The average molecular weight is 336 g/mol. The van der Waals surface area contributed by atoms with Crippen LogP contribution in [0.3, 0.4) is 0 Å². The molecular formula is C12H6BrF4NO. The van der Waals surface area contributed by atoms with Gasteiger partial charge in [0.2, 0.25) is 5.88 Å². The maximum absolute atomic E-state index is 13.0. The molecule has 19 heavy (non-hydrogen) atoms. The minimum atomic E-state index is -4.56. The Morgan fingerprint density at radius 3 is 2.53 bits per heavy atom. The molecule has 1 aromatic carbocycles. The molecule has 2 rings (SSSR count). The molecule has 0 bridgehead atoms. The number of nitrogens with zero attached hydrogens (tertiary/aromatic N) is 1. The van der Waals surface area contributed by atoms with Gasteiger partial charge in [0, 0.05) is 12.1 Å². The quantitative estimate of drug-likeness (QED) is 0.736. The van der Waals surface area contributed by atoms with E-state index < -0.39 is 17.7 Å². The fourth-order valence-corrected chi connectivity index (χ4v) is 1.63. The minimum Gasteiger partial charge on any atom is -0.438 e. The number of alkyl halides is 3. The smallest absolute Gasteiger partial charge is 0.433 e. The third kappa shape index (κ3) is 3.44. The molecular weight excluding hydrogens is 330 g/mol. The molecule has 0 aliphatic carbocycles. The standard InChI is InChI=1S/C12H6BrF4NO/c13-8-5-4-7(14)6-9(8)19-11-3-1-2-10(18-11)12(15,16)17/h1-6H. The molecule has 0 saturated heterocycles. The number of hydrogen-bond acceptors (Lipinski definition) is 2. The zero-order valence-electron chi connectivity index (χ0n) is 9.21. The first-order chi connectivity index (χ1) is 8.86. The van der Waals surface area contributed by atoms with Crippen LogP contribution in [0, 0.1) is 5.82 Å². The average Bonchev–Trinajstić information content (AvgIpc) is 2.33. The summed E-state index contributed by atoms with van der Waals surface area (Å²) in [5.74, 6) is -0.780. The van der Waals surface area contributed by atoms with Gasteiger partial charge in [0.25, 0.3) is 0 Å². The predicted octanol–water partition coefficient (Wildman–Crippen LogP) is 4.79. The SMILES string of the molecule is Fc1ccc(Br)c(Oc2cccc(C(F)(F)F)n2)c1. The lowest BCUT2D eigenvalue weighted by Crippen LogP contribution is -2.08. The van der Waals surface area contributed by atoms with Gasteiger partial charge in [-0.3, -0.25) is 0 Å². The lowest BCUT2D eigenvalue weighted by atomic mass is 10.3. The molecule has 0 amide bonds. The maximum Gasteiger partial charge on any atom is 0.433 e. The Hall–Kier alpha value is -1.63. The molecule has 1 heterocycles. The fraction of sp³-hybridized carbons (Fsp3) is 0.0833. The van der Waals surface area contributed by atoms with Crippen LogP contribution in [0.5, 0.6) is 11.6 Å². The van der Waals surface area contributed by atoms with Crippen LogP contribution < -0.4 is 4.74 Å². The largest absolute Gasteiger partial charge is 0.438 e. The minimum absolute atomic E-state index is 0.0480. The molecule has 1 aromatic heterocycles. The van der Waals surface area contributed by atoms with Crippen molar-refractivity contribution in [1.29, 1.82) is 0 Å². The van der Waals surface area contributed by atoms with Crippen molar-refractivity contribution in [2.24, 2.45) is 0 Å². The van der Waals surface area contributed by atoms with E-state index in [0.717, 1.165) is 12.1 Å². The Kier molecular flexibility index (Phi) is 3.75. The second kappa shape index (κ2) is 5.16. The summed E-state index contributed by atoms with van der Waals surface area (Å²) in [6.45, 7) is 0. The van der Waals surface area contributed by atoms with Crippen LogP contribution in [-0.4, -0.2) is 4.98 Å². The molecule has 0 unspecified atom stereocenters. The Bertz CT molecular complexity index is 601. The van der Waals surface area contributed by atoms with E-state index in [4.69, 9.17) is 4.74 Å². The number of pyridine rings is 1. The van der Waals surface area contributed by atoms with Crippen LogP contribution >= 0.6 is 15.9 Å². The van der Waals surface area contributed by atoms with Gasteiger partial charge in [-0.15, -0.1) is 0 Å². The summed E-state index contributed by atoms with van der Waals surface area (Å²) in [4.78, 5) is 3.32. The van der Waals surface area contributed by atoms with E-state index in [2.05, 4.69) is 20.9 Å². The Labute approximate surface area is 114 Å². The van der Waals surface area contributed by atoms with E-state index in [-0.39, 0.29) is 11.6 Å². The molecule has 7 heteroatoms. The lowest BCUT2D eigenvalue weighted by Gasteiger charge is -2.09. The fourth-order valence-electron chi connectivity index (χ4n) is 1.30. The van der Waals surface area contributed by atoms with Gasteiger partial charge in [0.15, 0.2) is 0 Å². The number of aromatic nitrogens is 1. The van der Waals surface area contributed by atoms with Crippen LogP contribution in [0.1, 0.15) is 5.69 Å². The van der Waals surface area contributed by atoms with E-state index in [1.54, 1.807) is 0 Å². The summed E-state index contributed by atoms with van der Waals surface area (Å²) in [5, 5.41) is 0.